The summed E-state index contributed by atoms with van der Waals surface area (Å²) in [5.41, 5.74) is 4.76. The Hall–Kier alpha value is -2.31. The standard InChI is InChI=1S/C22H29N3O2S/c1-16-5-6-19(13-17(16)2)23-22(28)25-11-9-24(10-12-25)15-18-14-20(26-3)7-8-21(18)27-4/h5-8,13-14H,9-12,15H2,1-4H3,(H,23,28). The first-order valence-electron chi connectivity index (χ1n) is 9.56. The van der Waals surface area contributed by atoms with Gasteiger partial charge in [0.1, 0.15) is 11.5 Å². The number of anilines is 1. The highest BCUT2D eigenvalue weighted by atomic mass is 32.1. The van der Waals surface area contributed by atoms with Crippen molar-refractivity contribution in [3.05, 3.63) is 53.1 Å². The van der Waals surface area contributed by atoms with Gasteiger partial charge < -0.3 is 19.7 Å². The molecule has 0 aromatic heterocycles. The zero-order chi connectivity index (χ0) is 20.1. The summed E-state index contributed by atoms with van der Waals surface area (Å²) in [6.07, 6.45) is 0. The van der Waals surface area contributed by atoms with Crippen molar-refractivity contribution in [1.82, 2.24) is 9.80 Å². The first kappa shape index (κ1) is 20.4. The van der Waals surface area contributed by atoms with E-state index in [1.54, 1.807) is 14.2 Å². The van der Waals surface area contributed by atoms with Gasteiger partial charge in [0, 0.05) is 44.0 Å². The quantitative estimate of drug-likeness (QED) is 0.770. The normalized spacial score (nSPS) is 14.6. The maximum absolute atomic E-state index is 5.63. The van der Waals surface area contributed by atoms with E-state index in [9.17, 15) is 0 Å². The van der Waals surface area contributed by atoms with Crippen LogP contribution in [0.15, 0.2) is 36.4 Å². The molecule has 0 aliphatic carbocycles. The van der Waals surface area contributed by atoms with Crippen LogP contribution in [0.25, 0.3) is 0 Å². The summed E-state index contributed by atoms with van der Waals surface area (Å²) in [6, 6.07) is 12.3. The molecular formula is C22H29N3O2S. The second-order valence-corrected chi connectivity index (χ2v) is 7.56. The van der Waals surface area contributed by atoms with Crippen LogP contribution in [0, 0.1) is 13.8 Å². The first-order valence-corrected chi connectivity index (χ1v) is 9.97. The van der Waals surface area contributed by atoms with Crippen molar-refractivity contribution in [2.24, 2.45) is 0 Å². The molecule has 0 unspecified atom stereocenters. The van der Waals surface area contributed by atoms with Crippen LogP contribution in [-0.4, -0.2) is 55.3 Å². The summed E-state index contributed by atoms with van der Waals surface area (Å²) >= 11 is 5.63. The fourth-order valence-corrected chi connectivity index (χ4v) is 3.68. The molecule has 1 heterocycles. The number of nitrogens with one attached hydrogen (secondary N) is 1. The molecule has 0 radical (unpaired) electrons. The van der Waals surface area contributed by atoms with E-state index in [-0.39, 0.29) is 0 Å². The summed E-state index contributed by atoms with van der Waals surface area (Å²) < 4.78 is 10.9. The molecule has 1 aliphatic heterocycles. The number of hydrogen-bond acceptors (Lipinski definition) is 4. The van der Waals surface area contributed by atoms with Crippen molar-refractivity contribution in [2.45, 2.75) is 20.4 Å². The topological polar surface area (TPSA) is 37.0 Å². The predicted molar refractivity (Wildman–Crippen MR) is 119 cm³/mol. The Morgan fingerprint density at radius 3 is 2.36 bits per heavy atom. The van der Waals surface area contributed by atoms with Crippen molar-refractivity contribution in [2.75, 3.05) is 45.7 Å². The molecule has 1 N–H and O–H groups in total. The van der Waals surface area contributed by atoms with Gasteiger partial charge in [0.05, 0.1) is 14.2 Å². The number of piperazine rings is 1. The van der Waals surface area contributed by atoms with Crippen molar-refractivity contribution < 1.29 is 9.47 Å². The number of aryl methyl sites for hydroxylation is 2. The van der Waals surface area contributed by atoms with Gasteiger partial charge in [-0.15, -0.1) is 0 Å². The van der Waals surface area contributed by atoms with E-state index in [4.69, 9.17) is 21.7 Å². The van der Waals surface area contributed by atoms with Crippen LogP contribution in [0.3, 0.4) is 0 Å². The largest absolute Gasteiger partial charge is 0.497 e. The van der Waals surface area contributed by atoms with Gasteiger partial charge in [-0.2, -0.15) is 0 Å². The summed E-state index contributed by atoms with van der Waals surface area (Å²) in [7, 11) is 3.40. The number of benzene rings is 2. The first-order chi connectivity index (χ1) is 13.5. The lowest BCUT2D eigenvalue weighted by Gasteiger charge is -2.36. The Morgan fingerprint density at radius 1 is 0.964 bits per heavy atom. The van der Waals surface area contributed by atoms with Gasteiger partial charge in [-0.3, -0.25) is 4.90 Å². The maximum Gasteiger partial charge on any atom is 0.173 e. The lowest BCUT2D eigenvalue weighted by atomic mass is 10.1. The van der Waals surface area contributed by atoms with Gasteiger partial charge in [-0.1, -0.05) is 6.07 Å². The van der Waals surface area contributed by atoms with Crippen LogP contribution in [0.1, 0.15) is 16.7 Å². The molecule has 2 aromatic rings. The van der Waals surface area contributed by atoms with Crippen LogP contribution >= 0.6 is 12.2 Å². The van der Waals surface area contributed by atoms with Crippen LogP contribution in [0.5, 0.6) is 11.5 Å². The van der Waals surface area contributed by atoms with E-state index in [0.29, 0.717) is 0 Å². The van der Waals surface area contributed by atoms with Crippen molar-refractivity contribution in [1.29, 1.82) is 0 Å². The highest BCUT2D eigenvalue weighted by Crippen LogP contribution is 2.25. The molecule has 28 heavy (non-hydrogen) atoms. The number of methoxy groups -OCH3 is 2. The molecule has 0 amide bonds. The molecule has 3 rings (SSSR count). The third-order valence-corrected chi connectivity index (χ3v) is 5.66. The van der Waals surface area contributed by atoms with Crippen LogP contribution in [-0.2, 0) is 6.54 Å². The number of ether oxygens (including phenoxy) is 2. The summed E-state index contributed by atoms with van der Waals surface area (Å²) in [6.45, 7) is 8.80. The third-order valence-electron chi connectivity index (χ3n) is 5.30. The molecule has 0 spiro atoms. The molecule has 1 fully saturated rings. The zero-order valence-corrected chi connectivity index (χ0v) is 17.9. The molecule has 0 bridgehead atoms. The van der Waals surface area contributed by atoms with Crippen molar-refractivity contribution in [3.8, 4) is 11.5 Å². The van der Waals surface area contributed by atoms with Gasteiger partial charge in [0.15, 0.2) is 5.11 Å². The Bertz CT molecular complexity index is 833. The molecule has 0 saturated carbocycles. The Morgan fingerprint density at radius 2 is 1.71 bits per heavy atom. The molecule has 150 valence electrons. The highest BCUT2D eigenvalue weighted by molar-refractivity contribution is 7.80. The Kier molecular flexibility index (Phi) is 6.75. The van der Waals surface area contributed by atoms with Gasteiger partial charge in [0.2, 0.25) is 0 Å². The van der Waals surface area contributed by atoms with Crippen molar-refractivity contribution >= 4 is 23.0 Å². The molecule has 2 aromatic carbocycles. The molecule has 0 atom stereocenters. The summed E-state index contributed by atoms with van der Waals surface area (Å²) in [5.74, 6) is 1.75. The van der Waals surface area contributed by atoms with Crippen LogP contribution < -0.4 is 14.8 Å². The zero-order valence-electron chi connectivity index (χ0n) is 17.1. The summed E-state index contributed by atoms with van der Waals surface area (Å²) in [4.78, 5) is 4.66. The van der Waals surface area contributed by atoms with Gasteiger partial charge in [-0.25, -0.2) is 0 Å². The van der Waals surface area contributed by atoms with E-state index in [0.717, 1.165) is 60.6 Å². The average molecular weight is 400 g/mol. The van der Waals surface area contributed by atoms with Crippen LogP contribution in [0.2, 0.25) is 0 Å². The minimum absolute atomic E-state index is 0.793. The van der Waals surface area contributed by atoms with E-state index in [2.05, 4.69) is 53.2 Å². The second-order valence-electron chi connectivity index (χ2n) is 7.17. The van der Waals surface area contributed by atoms with Crippen molar-refractivity contribution in [3.63, 3.8) is 0 Å². The Balaban J connectivity index is 1.55. The van der Waals surface area contributed by atoms with Gasteiger partial charge >= 0.3 is 0 Å². The van der Waals surface area contributed by atoms with E-state index < -0.39 is 0 Å². The van der Waals surface area contributed by atoms with Crippen LogP contribution in [0.4, 0.5) is 5.69 Å². The average Bonchev–Trinajstić information content (AvgIpc) is 2.71. The molecule has 1 aliphatic rings. The predicted octanol–water partition coefficient (Wildman–Crippen LogP) is 3.84. The minimum Gasteiger partial charge on any atom is -0.497 e. The van der Waals surface area contributed by atoms with Gasteiger partial charge in [0.25, 0.3) is 0 Å². The molecule has 1 saturated heterocycles. The maximum atomic E-state index is 5.63. The lowest BCUT2D eigenvalue weighted by molar-refractivity contribution is 0.175. The monoisotopic (exact) mass is 399 g/mol. The molecule has 5 nitrogen and oxygen atoms in total. The molecule has 6 heteroatoms. The Labute approximate surface area is 173 Å². The number of rotatable bonds is 5. The lowest BCUT2D eigenvalue weighted by Crippen LogP contribution is -2.49. The van der Waals surface area contributed by atoms with E-state index in [1.165, 1.54) is 11.1 Å². The fourth-order valence-electron chi connectivity index (χ4n) is 3.38. The third kappa shape index (κ3) is 4.94. The van der Waals surface area contributed by atoms with E-state index in [1.807, 2.05) is 12.1 Å². The smallest absolute Gasteiger partial charge is 0.173 e. The highest BCUT2D eigenvalue weighted by Gasteiger charge is 2.20. The SMILES string of the molecule is COc1ccc(OC)c(CN2CCN(C(=S)Nc3ccc(C)c(C)c3)CC2)c1. The number of hydrogen-bond donors (Lipinski definition) is 1. The summed E-state index contributed by atoms with van der Waals surface area (Å²) in [5, 5.41) is 4.17. The van der Waals surface area contributed by atoms with E-state index >= 15 is 0 Å². The number of thiocarbonyl (C=S) groups is 1. The fraction of sp³-hybridized carbons (Fsp3) is 0.409. The van der Waals surface area contributed by atoms with Gasteiger partial charge in [-0.05, 0) is 67.5 Å². The second kappa shape index (κ2) is 9.26. The number of nitrogens with zero attached hydrogens (tertiary/aromatic N) is 2. The molecular weight excluding hydrogens is 370 g/mol. The minimum atomic E-state index is 0.793.